The number of benzene rings is 2. The zero-order chi connectivity index (χ0) is 17.1. The first kappa shape index (κ1) is 16.0. The lowest BCUT2D eigenvalue weighted by atomic mass is 10.2. The van der Waals surface area contributed by atoms with Crippen LogP contribution in [0.1, 0.15) is 31.2 Å². The number of nitrogens with one attached hydrogen (secondary N) is 1. The molecular formula is C21H24N2O2. The molecule has 25 heavy (non-hydrogen) atoms. The van der Waals surface area contributed by atoms with Crippen molar-refractivity contribution in [2.24, 2.45) is 0 Å². The SMILES string of the molecule is O=C(CNc1ccccc1OC1CCCC1)N1CCc2ccccc21. The van der Waals surface area contributed by atoms with Crippen LogP contribution in [0.3, 0.4) is 0 Å². The van der Waals surface area contributed by atoms with Crippen LogP contribution in [0.4, 0.5) is 11.4 Å². The topological polar surface area (TPSA) is 41.6 Å². The maximum absolute atomic E-state index is 12.7. The number of fused-ring (bicyclic) bond motifs is 1. The highest BCUT2D eigenvalue weighted by Crippen LogP contribution is 2.30. The summed E-state index contributed by atoms with van der Waals surface area (Å²) < 4.78 is 6.13. The maximum atomic E-state index is 12.7. The fourth-order valence-electron chi connectivity index (χ4n) is 3.76. The molecule has 0 spiro atoms. The van der Waals surface area contributed by atoms with Gasteiger partial charge in [-0.2, -0.15) is 0 Å². The lowest BCUT2D eigenvalue weighted by Crippen LogP contribution is -2.34. The van der Waals surface area contributed by atoms with E-state index in [1.54, 1.807) is 0 Å². The Labute approximate surface area is 148 Å². The zero-order valence-electron chi connectivity index (χ0n) is 14.4. The van der Waals surface area contributed by atoms with Crippen molar-refractivity contribution in [3.8, 4) is 5.75 Å². The van der Waals surface area contributed by atoms with Crippen molar-refractivity contribution in [2.45, 2.75) is 38.2 Å². The first-order valence-corrected chi connectivity index (χ1v) is 9.19. The van der Waals surface area contributed by atoms with Crippen molar-refractivity contribution in [3.63, 3.8) is 0 Å². The molecular weight excluding hydrogens is 312 g/mol. The number of para-hydroxylation sites is 3. The summed E-state index contributed by atoms with van der Waals surface area (Å²) in [5.41, 5.74) is 3.20. The summed E-state index contributed by atoms with van der Waals surface area (Å²) in [4.78, 5) is 14.5. The van der Waals surface area contributed by atoms with Gasteiger partial charge >= 0.3 is 0 Å². The van der Waals surface area contributed by atoms with E-state index < -0.39 is 0 Å². The highest BCUT2D eigenvalue weighted by molar-refractivity contribution is 5.98. The third-order valence-electron chi connectivity index (χ3n) is 5.10. The van der Waals surface area contributed by atoms with Crippen LogP contribution in [0, 0.1) is 0 Å². The molecule has 1 amide bonds. The van der Waals surface area contributed by atoms with E-state index in [4.69, 9.17) is 4.74 Å². The van der Waals surface area contributed by atoms with Crippen molar-refractivity contribution < 1.29 is 9.53 Å². The number of anilines is 2. The number of carbonyl (C=O) groups excluding carboxylic acids is 1. The highest BCUT2D eigenvalue weighted by Gasteiger charge is 2.24. The van der Waals surface area contributed by atoms with Crippen molar-refractivity contribution in [1.82, 2.24) is 0 Å². The van der Waals surface area contributed by atoms with Crippen molar-refractivity contribution in [3.05, 3.63) is 54.1 Å². The van der Waals surface area contributed by atoms with Gasteiger partial charge in [0.1, 0.15) is 5.75 Å². The fourth-order valence-corrected chi connectivity index (χ4v) is 3.76. The lowest BCUT2D eigenvalue weighted by molar-refractivity contribution is -0.116. The van der Waals surface area contributed by atoms with Crippen LogP contribution in [0.5, 0.6) is 5.75 Å². The molecule has 1 aliphatic carbocycles. The predicted octanol–water partition coefficient (Wildman–Crippen LogP) is 4.01. The largest absolute Gasteiger partial charge is 0.488 e. The Morgan fingerprint density at radius 3 is 2.72 bits per heavy atom. The molecule has 0 bridgehead atoms. The van der Waals surface area contributed by atoms with E-state index in [-0.39, 0.29) is 12.5 Å². The van der Waals surface area contributed by atoms with Crippen LogP contribution in [0.2, 0.25) is 0 Å². The Hall–Kier alpha value is -2.49. The van der Waals surface area contributed by atoms with Crippen LogP contribution in [-0.4, -0.2) is 25.1 Å². The summed E-state index contributed by atoms with van der Waals surface area (Å²) in [6, 6.07) is 16.1. The number of nitrogens with zero attached hydrogens (tertiary/aromatic N) is 1. The van der Waals surface area contributed by atoms with Gasteiger partial charge in [-0.05, 0) is 55.9 Å². The molecule has 1 aliphatic heterocycles. The monoisotopic (exact) mass is 336 g/mol. The van der Waals surface area contributed by atoms with Crippen LogP contribution in [-0.2, 0) is 11.2 Å². The van der Waals surface area contributed by atoms with Gasteiger partial charge in [0.15, 0.2) is 0 Å². The second-order valence-corrected chi connectivity index (χ2v) is 6.80. The Bertz CT molecular complexity index is 753. The molecule has 0 aromatic heterocycles. The number of ether oxygens (including phenoxy) is 1. The Balaban J connectivity index is 1.41. The average molecular weight is 336 g/mol. The van der Waals surface area contributed by atoms with E-state index in [2.05, 4.69) is 11.4 Å². The molecule has 0 radical (unpaired) electrons. The Kier molecular flexibility index (Phi) is 4.59. The van der Waals surface area contributed by atoms with Crippen LogP contribution in [0.15, 0.2) is 48.5 Å². The molecule has 2 aromatic rings. The molecule has 1 N–H and O–H groups in total. The normalized spacial score (nSPS) is 16.7. The number of hydrogen-bond donors (Lipinski definition) is 1. The first-order valence-electron chi connectivity index (χ1n) is 9.19. The highest BCUT2D eigenvalue weighted by atomic mass is 16.5. The van der Waals surface area contributed by atoms with Crippen LogP contribution in [0.25, 0.3) is 0 Å². The summed E-state index contributed by atoms with van der Waals surface area (Å²) in [6.45, 7) is 1.04. The van der Waals surface area contributed by atoms with Gasteiger partial charge in [0.05, 0.1) is 18.3 Å². The Morgan fingerprint density at radius 1 is 1.08 bits per heavy atom. The summed E-state index contributed by atoms with van der Waals surface area (Å²) in [7, 11) is 0. The third-order valence-corrected chi connectivity index (χ3v) is 5.10. The molecule has 0 atom stereocenters. The van der Waals surface area contributed by atoms with E-state index in [1.807, 2.05) is 47.4 Å². The van der Waals surface area contributed by atoms with Gasteiger partial charge in [-0.1, -0.05) is 30.3 Å². The van der Waals surface area contributed by atoms with Gasteiger partial charge in [0.2, 0.25) is 5.91 Å². The van der Waals surface area contributed by atoms with E-state index in [0.717, 1.165) is 42.9 Å². The first-order chi connectivity index (χ1) is 12.3. The smallest absolute Gasteiger partial charge is 0.246 e. The second kappa shape index (κ2) is 7.18. The maximum Gasteiger partial charge on any atom is 0.246 e. The van der Waals surface area contributed by atoms with E-state index in [9.17, 15) is 4.79 Å². The minimum atomic E-state index is 0.0978. The summed E-state index contributed by atoms with van der Waals surface area (Å²) in [6.07, 6.45) is 5.98. The number of carbonyl (C=O) groups is 1. The van der Waals surface area contributed by atoms with Gasteiger partial charge in [-0.3, -0.25) is 4.79 Å². The minimum absolute atomic E-state index is 0.0978. The number of hydrogen-bond acceptors (Lipinski definition) is 3. The Morgan fingerprint density at radius 2 is 1.84 bits per heavy atom. The van der Waals surface area contributed by atoms with E-state index in [0.29, 0.717) is 6.10 Å². The molecule has 4 rings (SSSR count). The van der Waals surface area contributed by atoms with Crippen molar-refractivity contribution in [2.75, 3.05) is 23.3 Å². The van der Waals surface area contributed by atoms with Crippen molar-refractivity contribution >= 4 is 17.3 Å². The number of amides is 1. The van der Waals surface area contributed by atoms with Gasteiger partial charge in [-0.25, -0.2) is 0 Å². The van der Waals surface area contributed by atoms with Crippen LogP contribution >= 0.6 is 0 Å². The van der Waals surface area contributed by atoms with Gasteiger partial charge < -0.3 is 15.0 Å². The summed E-state index contributed by atoms with van der Waals surface area (Å²) in [5.74, 6) is 0.949. The molecule has 2 aromatic carbocycles. The van der Waals surface area contributed by atoms with Gasteiger partial charge in [0, 0.05) is 12.2 Å². The summed E-state index contributed by atoms with van der Waals surface area (Å²) in [5, 5.41) is 3.28. The number of rotatable bonds is 5. The standard InChI is InChI=1S/C21H24N2O2/c24-21(23-14-13-16-7-1-5-11-19(16)23)15-22-18-10-4-6-12-20(18)25-17-8-2-3-9-17/h1,4-7,10-12,17,22H,2-3,8-9,13-15H2. The summed E-state index contributed by atoms with van der Waals surface area (Å²) >= 11 is 0. The molecule has 1 saturated carbocycles. The zero-order valence-corrected chi connectivity index (χ0v) is 14.4. The average Bonchev–Trinajstić information content (AvgIpc) is 3.30. The molecule has 2 aliphatic rings. The molecule has 1 heterocycles. The van der Waals surface area contributed by atoms with Crippen molar-refractivity contribution in [1.29, 1.82) is 0 Å². The molecule has 130 valence electrons. The molecule has 0 saturated heterocycles. The molecule has 4 heteroatoms. The van der Waals surface area contributed by atoms with E-state index >= 15 is 0 Å². The van der Waals surface area contributed by atoms with E-state index in [1.165, 1.54) is 18.4 Å². The molecule has 4 nitrogen and oxygen atoms in total. The van der Waals surface area contributed by atoms with Gasteiger partial charge in [-0.15, -0.1) is 0 Å². The fraction of sp³-hybridized carbons (Fsp3) is 0.381. The van der Waals surface area contributed by atoms with Crippen LogP contribution < -0.4 is 15.0 Å². The quantitative estimate of drug-likeness (QED) is 0.897. The minimum Gasteiger partial charge on any atom is -0.488 e. The van der Waals surface area contributed by atoms with Gasteiger partial charge in [0.25, 0.3) is 0 Å². The second-order valence-electron chi connectivity index (χ2n) is 6.80. The lowest BCUT2D eigenvalue weighted by Gasteiger charge is -2.20. The third kappa shape index (κ3) is 3.48. The molecule has 0 unspecified atom stereocenters. The molecule has 1 fully saturated rings. The predicted molar refractivity (Wildman–Crippen MR) is 100 cm³/mol.